The van der Waals surface area contributed by atoms with Crippen molar-refractivity contribution in [1.29, 1.82) is 0 Å². The molecule has 0 fully saturated rings. The Labute approximate surface area is 116 Å². The summed E-state index contributed by atoms with van der Waals surface area (Å²) in [5.74, 6) is 0. The van der Waals surface area contributed by atoms with E-state index in [9.17, 15) is 0 Å². The SMILES string of the molecule is CCN(CC)c1ccc(CNc2ccccc2)cc1. The summed E-state index contributed by atoms with van der Waals surface area (Å²) in [7, 11) is 0. The molecule has 0 saturated carbocycles. The zero-order valence-electron chi connectivity index (χ0n) is 11.8. The second-order valence-corrected chi connectivity index (χ2v) is 4.56. The monoisotopic (exact) mass is 254 g/mol. The Balaban J connectivity index is 1.95. The number of rotatable bonds is 6. The summed E-state index contributed by atoms with van der Waals surface area (Å²) in [6.07, 6.45) is 0. The minimum Gasteiger partial charge on any atom is -0.381 e. The summed E-state index contributed by atoms with van der Waals surface area (Å²) in [6, 6.07) is 19.1. The Morgan fingerprint density at radius 3 is 2.05 bits per heavy atom. The molecule has 2 rings (SSSR count). The zero-order valence-corrected chi connectivity index (χ0v) is 11.8. The average molecular weight is 254 g/mol. The zero-order chi connectivity index (χ0) is 13.5. The van der Waals surface area contributed by atoms with Gasteiger partial charge in [-0.15, -0.1) is 0 Å². The first-order chi connectivity index (χ1) is 9.33. The van der Waals surface area contributed by atoms with Crippen LogP contribution in [0, 0.1) is 0 Å². The summed E-state index contributed by atoms with van der Waals surface area (Å²) in [5.41, 5.74) is 3.77. The number of benzene rings is 2. The van der Waals surface area contributed by atoms with E-state index >= 15 is 0 Å². The molecule has 2 nitrogen and oxygen atoms in total. The molecular formula is C17H22N2. The lowest BCUT2D eigenvalue weighted by atomic mass is 10.2. The second kappa shape index (κ2) is 6.83. The molecule has 100 valence electrons. The lowest BCUT2D eigenvalue weighted by Crippen LogP contribution is -2.21. The summed E-state index contributed by atoms with van der Waals surface area (Å²) in [5, 5.41) is 3.42. The fourth-order valence-electron chi connectivity index (χ4n) is 2.17. The molecule has 0 aliphatic carbocycles. The summed E-state index contributed by atoms with van der Waals surface area (Å²) < 4.78 is 0. The maximum Gasteiger partial charge on any atom is 0.0400 e. The Kier molecular flexibility index (Phi) is 4.85. The molecule has 0 aliphatic rings. The number of hydrogen-bond donors (Lipinski definition) is 1. The van der Waals surface area contributed by atoms with Crippen LogP contribution in [0.4, 0.5) is 11.4 Å². The van der Waals surface area contributed by atoms with Crippen molar-refractivity contribution in [3.8, 4) is 0 Å². The lowest BCUT2D eigenvalue weighted by Gasteiger charge is -2.21. The second-order valence-electron chi connectivity index (χ2n) is 4.56. The maximum absolute atomic E-state index is 3.42. The van der Waals surface area contributed by atoms with Crippen LogP contribution in [0.2, 0.25) is 0 Å². The average Bonchev–Trinajstić information content (AvgIpc) is 2.49. The van der Waals surface area contributed by atoms with Crippen LogP contribution in [0.25, 0.3) is 0 Å². The minimum absolute atomic E-state index is 0.864. The Morgan fingerprint density at radius 1 is 0.842 bits per heavy atom. The molecule has 0 radical (unpaired) electrons. The highest BCUT2D eigenvalue weighted by atomic mass is 15.1. The van der Waals surface area contributed by atoms with Crippen LogP contribution in [-0.4, -0.2) is 13.1 Å². The van der Waals surface area contributed by atoms with E-state index in [1.807, 2.05) is 18.2 Å². The molecule has 0 saturated heterocycles. The van der Waals surface area contributed by atoms with Gasteiger partial charge in [-0.05, 0) is 43.7 Å². The van der Waals surface area contributed by atoms with Gasteiger partial charge in [0.05, 0.1) is 0 Å². The third-order valence-electron chi connectivity index (χ3n) is 3.34. The van der Waals surface area contributed by atoms with Crippen molar-refractivity contribution in [1.82, 2.24) is 0 Å². The van der Waals surface area contributed by atoms with Crippen LogP contribution in [0.5, 0.6) is 0 Å². The van der Waals surface area contributed by atoms with Crippen molar-refractivity contribution in [2.24, 2.45) is 0 Å². The van der Waals surface area contributed by atoms with E-state index in [2.05, 4.69) is 60.5 Å². The predicted molar refractivity (Wildman–Crippen MR) is 83.8 cm³/mol. The topological polar surface area (TPSA) is 15.3 Å². The number of hydrogen-bond acceptors (Lipinski definition) is 2. The van der Waals surface area contributed by atoms with Crippen LogP contribution >= 0.6 is 0 Å². The molecule has 2 aromatic rings. The van der Waals surface area contributed by atoms with Crippen molar-refractivity contribution >= 4 is 11.4 Å². The maximum atomic E-state index is 3.42. The van der Waals surface area contributed by atoms with Crippen LogP contribution in [0.1, 0.15) is 19.4 Å². The van der Waals surface area contributed by atoms with Crippen molar-refractivity contribution in [3.05, 3.63) is 60.2 Å². The quantitative estimate of drug-likeness (QED) is 0.833. The van der Waals surface area contributed by atoms with Crippen LogP contribution in [0.3, 0.4) is 0 Å². The van der Waals surface area contributed by atoms with Gasteiger partial charge in [0.15, 0.2) is 0 Å². The van der Waals surface area contributed by atoms with Gasteiger partial charge < -0.3 is 10.2 Å². The van der Waals surface area contributed by atoms with Gasteiger partial charge in [0.25, 0.3) is 0 Å². The summed E-state index contributed by atoms with van der Waals surface area (Å²) >= 11 is 0. The summed E-state index contributed by atoms with van der Waals surface area (Å²) in [6.45, 7) is 7.35. The largest absolute Gasteiger partial charge is 0.381 e. The molecule has 1 N–H and O–H groups in total. The molecule has 19 heavy (non-hydrogen) atoms. The number of nitrogens with zero attached hydrogens (tertiary/aromatic N) is 1. The van der Waals surface area contributed by atoms with Crippen LogP contribution in [-0.2, 0) is 6.54 Å². The number of anilines is 2. The van der Waals surface area contributed by atoms with Crippen molar-refractivity contribution in [2.75, 3.05) is 23.3 Å². The van der Waals surface area contributed by atoms with E-state index in [1.165, 1.54) is 11.3 Å². The minimum atomic E-state index is 0.864. The van der Waals surface area contributed by atoms with Gasteiger partial charge in [-0.2, -0.15) is 0 Å². The summed E-state index contributed by atoms with van der Waals surface area (Å²) in [4.78, 5) is 2.36. The highest BCUT2D eigenvalue weighted by molar-refractivity contribution is 5.48. The highest BCUT2D eigenvalue weighted by Gasteiger charge is 2.01. The molecule has 0 bridgehead atoms. The Morgan fingerprint density at radius 2 is 1.47 bits per heavy atom. The molecule has 0 heterocycles. The van der Waals surface area contributed by atoms with E-state index in [0.29, 0.717) is 0 Å². The molecule has 0 unspecified atom stereocenters. The molecule has 0 amide bonds. The molecule has 0 aliphatic heterocycles. The number of nitrogens with one attached hydrogen (secondary N) is 1. The molecular weight excluding hydrogens is 232 g/mol. The Hall–Kier alpha value is -1.96. The van der Waals surface area contributed by atoms with E-state index in [4.69, 9.17) is 0 Å². The first-order valence-electron chi connectivity index (χ1n) is 6.96. The molecule has 0 aromatic heterocycles. The molecule has 2 aromatic carbocycles. The lowest BCUT2D eigenvalue weighted by molar-refractivity contribution is 0.865. The standard InChI is InChI=1S/C17H22N2/c1-3-19(4-2)17-12-10-15(11-13-17)14-18-16-8-6-5-7-9-16/h5-13,18H,3-4,14H2,1-2H3. The van der Waals surface area contributed by atoms with Gasteiger partial charge in [-0.3, -0.25) is 0 Å². The predicted octanol–water partition coefficient (Wildman–Crippen LogP) is 4.14. The van der Waals surface area contributed by atoms with Crippen LogP contribution < -0.4 is 10.2 Å². The fraction of sp³-hybridized carbons (Fsp3) is 0.294. The smallest absolute Gasteiger partial charge is 0.0400 e. The van der Waals surface area contributed by atoms with E-state index in [0.717, 1.165) is 25.3 Å². The van der Waals surface area contributed by atoms with Crippen molar-refractivity contribution in [3.63, 3.8) is 0 Å². The van der Waals surface area contributed by atoms with E-state index in [1.54, 1.807) is 0 Å². The molecule has 0 spiro atoms. The van der Waals surface area contributed by atoms with Crippen LogP contribution in [0.15, 0.2) is 54.6 Å². The molecule has 2 heteroatoms. The molecule has 0 atom stereocenters. The fourth-order valence-corrected chi connectivity index (χ4v) is 2.17. The first-order valence-corrected chi connectivity index (χ1v) is 6.96. The Bertz CT molecular complexity index is 472. The highest BCUT2D eigenvalue weighted by Crippen LogP contribution is 2.16. The van der Waals surface area contributed by atoms with Gasteiger partial charge in [-0.25, -0.2) is 0 Å². The van der Waals surface area contributed by atoms with E-state index in [-0.39, 0.29) is 0 Å². The number of para-hydroxylation sites is 1. The third-order valence-corrected chi connectivity index (χ3v) is 3.34. The van der Waals surface area contributed by atoms with E-state index < -0.39 is 0 Å². The van der Waals surface area contributed by atoms with Crippen molar-refractivity contribution < 1.29 is 0 Å². The van der Waals surface area contributed by atoms with Gasteiger partial charge in [0.1, 0.15) is 0 Å². The van der Waals surface area contributed by atoms with Gasteiger partial charge >= 0.3 is 0 Å². The van der Waals surface area contributed by atoms with Gasteiger partial charge in [0.2, 0.25) is 0 Å². The van der Waals surface area contributed by atoms with Gasteiger partial charge in [0, 0.05) is 31.0 Å². The third kappa shape index (κ3) is 3.75. The van der Waals surface area contributed by atoms with Crippen molar-refractivity contribution in [2.45, 2.75) is 20.4 Å². The van der Waals surface area contributed by atoms with Gasteiger partial charge in [-0.1, -0.05) is 30.3 Å². The first kappa shape index (κ1) is 13.5. The normalized spacial score (nSPS) is 10.2.